The van der Waals surface area contributed by atoms with Crippen LogP contribution >= 0.6 is 0 Å². The lowest BCUT2D eigenvalue weighted by molar-refractivity contribution is 0.0937. The van der Waals surface area contributed by atoms with Crippen molar-refractivity contribution >= 4 is 17.5 Å². The molecule has 1 aliphatic carbocycles. The van der Waals surface area contributed by atoms with E-state index in [1.165, 1.54) is 12.8 Å². The fourth-order valence-corrected chi connectivity index (χ4v) is 3.81. The molecular weight excluding hydrogens is 406 g/mol. The molecule has 3 aromatic rings. The number of amides is 2. The van der Waals surface area contributed by atoms with Crippen molar-refractivity contribution < 1.29 is 18.8 Å². The predicted molar refractivity (Wildman–Crippen MR) is 121 cm³/mol. The molecule has 1 aliphatic rings. The number of hydrogen-bond donors (Lipinski definition) is 2. The van der Waals surface area contributed by atoms with E-state index in [4.69, 9.17) is 9.26 Å². The van der Waals surface area contributed by atoms with Crippen LogP contribution in [0.5, 0.6) is 5.75 Å². The summed E-state index contributed by atoms with van der Waals surface area (Å²) < 4.78 is 10.9. The molecule has 1 aromatic heterocycles. The van der Waals surface area contributed by atoms with Gasteiger partial charge in [0.15, 0.2) is 0 Å². The first-order valence-electron chi connectivity index (χ1n) is 10.9. The summed E-state index contributed by atoms with van der Waals surface area (Å²) >= 11 is 0. The van der Waals surface area contributed by atoms with Gasteiger partial charge in [0, 0.05) is 22.9 Å². The smallest absolute Gasteiger partial charge is 0.255 e. The second kappa shape index (κ2) is 9.68. The van der Waals surface area contributed by atoms with Crippen LogP contribution in [-0.2, 0) is 6.61 Å². The number of benzene rings is 2. The lowest BCUT2D eigenvalue weighted by Crippen LogP contribution is -2.32. The van der Waals surface area contributed by atoms with E-state index in [0.29, 0.717) is 29.2 Å². The average molecular weight is 434 g/mol. The molecule has 2 N–H and O–H groups in total. The number of nitrogens with zero attached hydrogens (tertiary/aromatic N) is 1. The summed E-state index contributed by atoms with van der Waals surface area (Å²) in [6, 6.07) is 14.1. The van der Waals surface area contributed by atoms with Gasteiger partial charge in [0.25, 0.3) is 11.8 Å². The van der Waals surface area contributed by atoms with Gasteiger partial charge in [-0.1, -0.05) is 18.0 Å². The Bertz CT molecular complexity index is 1060. The fraction of sp³-hybridized carbons (Fsp3) is 0.320. The maximum Gasteiger partial charge on any atom is 0.255 e. The number of rotatable bonds is 7. The van der Waals surface area contributed by atoms with Crippen molar-refractivity contribution in [2.45, 2.75) is 52.2 Å². The SMILES string of the molecule is Cc1noc(C)c1COc1ccc(C(=O)Nc2ccc(C(=O)NC3CCCC3)cc2)cc1. The monoisotopic (exact) mass is 433 g/mol. The van der Waals surface area contributed by atoms with Crippen LogP contribution in [0.4, 0.5) is 5.69 Å². The van der Waals surface area contributed by atoms with E-state index in [0.717, 1.165) is 29.9 Å². The molecule has 0 radical (unpaired) electrons. The highest BCUT2D eigenvalue weighted by molar-refractivity contribution is 6.04. The Hall–Kier alpha value is -3.61. The van der Waals surface area contributed by atoms with Gasteiger partial charge in [-0.25, -0.2) is 0 Å². The second-order valence-electron chi connectivity index (χ2n) is 8.10. The molecule has 0 saturated heterocycles. The molecular formula is C25H27N3O4. The van der Waals surface area contributed by atoms with Gasteiger partial charge in [-0.15, -0.1) is 0 Å². The second-order valence-corrected chi connectivity index (χ2v) is 8.10. The van der Waals surface area contributed by atoms with Crippen LogP contribution in [0.1, 0.15) is 63.4 Å². The van der Waals surface area contributed by atoms with Gasteiger partial charge in [-0.3, -0.25) is 9.59 Å². The molecule has 1 fully saturated rings. The Morgan fingerprint density at radius 2 is 1.59 bits per heavy atom. The van der Waals surface area contributed by atoms with Crippen LogP contribution in [0.3, 0.4) is 0 Å². The van der Waals surface area contributed by atoms with Crippen molar-refractivity contribution in [2.75, 3.05) is 5.32 Å². The largest absolute Gasteiger partial charge is 0.489 e. The van der Waals surface area contributed by atoms with Crippen LogP contribution in [0, 0.1) is 13.8 Å². The zero-order valence-corrected chi connectivity index (χ0v) is 18.3. The number of carbonyl (C=O) groups excluding carboxylic acids is 2. The minimum absolute atomic E-state index is 0.0676. The molecule has 2 aromatic carbocycles. The lowest BCUT2D eigenvalue weighted by Gasteiger charge is -2.12. The van der Waals surface area contributed by atoms with Crippen LogP contribution in [0.25, 0.3) is 0 Å². The normalized spacial score (nSPS) is 13.7. The minimum atomic E-state index is -0.231. The summed E-state index contributed by atoms with van der Waals surface area (Å²) in [5.74, 6) is 1.09. The molecule has 7 heteroatoms. The van der Waals surface area contributed by atoms with Crippen molar-refractivity contribution in [3.05, 3.63) is 76.7 Å². The Kier molecular flexibility index (Phi) is 6.54. The van der Waals surface area contributed by atoms with Gasteiger partial charge in [0.05, 0.1) is 11.3 Å². The third-order valence-corrected chi connectivity index (χ3v) is 5.78. The average Bonchev–Trinajstić information content (AvgIpc) is 3.42. The fourth-order valence-electron chi connectivity index (χ4n) is 3.81. The Morgan fingerprint density at radius 3 is 2.22 bits per heavy atom. The van der Waals surface area contributed by atoms with Crippen molar-refractivity contribution in [1.29, 1.82) is 0 Å². The molecule has 0 spiro atoms. The Morgan fingerprint density at radius 1 is 0.969 bits per heavy atom. The number of hydrogen-bond acceptors (Lipinski definition) is 5. The quantitative estimate of drug-likeness (QED) is 0.558. The zero-order chi connectivity index (χ0) is 22.5. The van der Waals surface area contributed by atoms with E-state index in [-0.39, 0.29) is 17.9 Å². The van der Waals surface area contributed by atoms with Gasteiger partial charge in [0.1, 0.15) is 18.1 Å². The van der Waals surface area contributed by atoms with E-state index in [1.807, 2.05) is 13.8 Å². The maximum atomic E-state index is 12.6. The first kappa shape index (κ1) is 21.6. The number of aryl methyl sites for hydroxylation is 2. The summed E-state index contributed by atoms with van der Waals surface area (Å²) in [6.07, 6.45) is 4.43. The molecule has 7 nitrogen and oxygen atoms in total. The van der Waals surface area contributed by atoms with Gasteiger partial charge >= 0.3 is 0 Å². The molecule has 1 heterocycles. The Balaban J connectivity index is 1.30. The van der Waals surface area contributed by atoms with Crippen molar-refractivity contribution in [2.24, 2.45) is 0 Å². The minimum Gasteiger partial charge on any atom is -0.489 e. The molecule has 0 atom stereocenters. The van der Waals surface area contributed by atoms with E-state index < -0.39 is 0 Å². The highest BCUT2D eigenvalue weighted by Crippen LogP contribution is 2.20. The molecule has 0 bridgehead atoms. The summed E-state index contributed by atoms with van der Waals surface area (Å²) in [4.78, 5) is 24.9. The van der Waals surface area contributed by atoms with Crippen molar-refractivity contribution in [3.8, 4) is 5.75 Å². The number of aromatic nitrogens is 1. The van der Waals surface area contributed by atoms with Gasteiger partial charge in [0.2, 0.25) is 0 Å². The highest BCUT2D eigenvalue weighted by atomic mass is 16.5. The Labute approximate surface area is 187 Å². The van der Waals surface area contributed by atoms with Crippen LogP contribution in [-0.4, -0.2) is 23.0 Å². The maximum absolute atomic E-state index is 12.6. The third kappa shape index (κ3) is 5.17. The number of anilines is 1. The predicted octanol–water partition coefficient (Wildman–Crippen LogP) is 4.80. The van der Waals surface area contributed by atoms with Crippen LogP contribution < -0.4 is 15.4 Å². The third-order valence-electron chi connectivity index (χ3n) is 5.78. The molecule has 2 amide bonds. The van der Waals surface area contributed by atoms with Gasteiger partial charge in [-0.05, 0) is 75.2 Å². The van der Waals surface area contributed by atoms with Gasteiger partial charge in [-0.2, -0.15) is 0 Å². The summed E-state index contributed by atoms with van der Waals surface area (Å²) in [7, 11) is 0. The molecule has 0 aliphatic heterocycles. The van der Waals surface area contributed by atoms with E-state index in [2.05, 4.69) is 15.8 Å². The summed E-state index contributed by atoms with van der Waals surface area (Å²) in [5.41, 5.74) is 3.46. The van der Waals surface area contributed by atoms with E-state index in [1.54, 1.807) is 48.5 Å². The number of nitrogens with one attached hydrogen (secondary N) is 2. The molecule has 0 unspecified atom stereocenters. The molecule has 32 heavy (non-hydrogen) atoms. The summed E-state index contributed by atoms with van der Waals surface area (Å²) in [6.45, 7) is 4.07. The summed E-state index contributed by atoms with van der Waals surface area (Å²) in [5, 5.41) is 9.83. The zero-order valence-electron chi connectivity index (χ0n) is 18.3. The molecule has 4 rings (SSSR count). The topological polar surface area (TPSA) is 93.5 Å². The molecule has 166 valence electrons. The first-order valence-corrected chi connectivity index (χ1v) is 10.9. The lowest BCUT2D eigenvalue weighted by atomic mass is 10.1. The van der Waals surface area contributed by atoms with Crippen molar-refractivity contribution in [3.63, 3.8) is 0 Å². The van der Waals surface area contributed by atoms with E-state index in [9.17, 15) is 9.59 Å². The van der Waals surface area contributed by atoms with Gasteiger partial charge < -0.3 is 19.9 Å². The number of ether oxygens (including phenoxy) is 1. The first-order chi connectivity index (χ1) is 15.5. The van der Waals surface area contributed by atoms with Crippen LogP contribution in [0.2, 0.25) is 0 Å². The van der Waals surface area contributed by atoms with Crippen molar-refractivity contribution in [1.82, 2.24) is 10.5 Å². The highest BCUT2D eigenvalue weighted by Gasteiger charge is 2.18. The molecule has 1 saturated carbocycles. The standard InChI is InChI=1S/C25H27N3O4/c1-16-23(17(2)32-28-16)15-31-22-13-9-19(10-14-22)25(30)27-21-11-7-18(8-12-21)24(29)26-20-5-3-4-6-20/h7-14,20H,3-6,15H2,1-2H3,(H,26,29)(H,27,30). The number of carbonyl (C=O) groups is 2. The van der Waals surface area contributed by atoms with Crippen LogP contribution in [0.15, 0.2) is 53.1 Å². The van der Waals surface area contributed by atoms with E-state index >= 15 is 0 Å².